The van der Waals surface area contributed by atoms with Gasteiger partial charge in [0.15, 0.2) is 11.6 Å². The van der Waals surface area contributed by atoms with Gasteiger partial charge in [0, 0.05) is 24.1 Å². The average Bonchev–Trinajstić information content (AvgIpc) is 3.88. The molecule has 3 aromatic rings. The highest BCUT2D eigenvalue weighted by atomic mass is 32.2. The van der Waals surface area contributed by atoms with Crippen molar-refractivity contribution in [3.05, 3.63) is 66.3 Å². The molecule has 3 amide bonds. The first-order valence-corrected chi connectivity index (χ1v) is 19.3. The summed E-state index contributed by atoms with van der Waals surface area (Å²) in [5, 5.41) is 6.31. The van der Waals surface area contributed by atoms with Crippen molar-refractivity contribution in [3.63, 3.8) is 0 Å². The number of nitrogens with zero attached hydrogens (tertiary/aromatic N) is 2. The number of hydrogen-bond acceptors (Lipinski definition) is 9. The lowest BCUT2D eigenvalue weighted by Crippen LogP contribution is -2.58. The number of carbonyl (C=O) groups is 3. The van der Waals surface area contributed by atoms with Crippen molar-refractivity contribution < 1.29 is 36.3 Å². The van der Waals surface area contributed by atoms with Crippen LogP contribution in [0.3, 0.4) is 0 Å². The van der Waals surface area contributed by atoms with Crippen molar-refractivity contribution in [2.24, 2.45) is 5.92 Å². The Labute approximate surface area is 292 Å². The van der Waals surface area contributed by atoms with E-state index in [0.717, 1.165) is 35.2 Å². The summed E-state index contributed by atoms with van der Waals surface area (Å²) < 4.78 is 62.4. The van der Waals surface area contributed by atoms with Crippen molar-refractivity contribution in [1.82, 2.24) is 19.9 Å². The third kappa shape index (κ3) is 6.81. The van der Waals surface area contributed by atoms with E-state index in [4.69, 9.17) is 4.74 Å². The number of sulfonamides is 1. The number of amides is 3. The molecule has 7 rings (SSSR count). The van der Waals surface area contributed by atoms with Crippen LogP contribution in [0.5, 0.6) is 5.19 Å². The molecule has 1 saturated heterocycles. The molecule has 2 aliphatic heterocycles. The number of para-hydroxylation sites is 1. The van der Waals surface area contributed by atoms with Crippen molar-refractivity contribution in [3.8, 4) is 5.19 Å². The van der Waals surface area contributed by atoms with Gasteiger partial charge in [0.1, 0.15) is 23.7 Å². The number of ether oxygens (including phenoxy) is 1. The summed E-state index contributed by atoms with van der Waals surface area (Å²) in [7, 11) is -3.98. The van der Waals surface area contributed by atoms with E-state index >= 15 is 0 Å². The first-order chi connectivity index (χ1) is 23.9. The van der Waals surface area contributed by atoms with E-state index in [0.29, 0.717) is 37.3 Å². The maximum Gasteiger partial charge on any atom is 0.274 e. The SMILES string of the molecule is CC1(S(=O)(=O)NC(=O)[C@@]23C[C@@H]2/C=C\CCCCC[C@H](Nc2ccc(F)c(F)c2)C(=O)N2C[C@H](Oc4nc5ccccc5s4)C[C@H]2C(=O)N3)CC1. The highest BCUT2D eigenvalue weighted by Crippen LogP contribution is 2.47. The van der Waals surface area contributed by atoms with Crippen molar-refractivity contribution in [2.75, 3.05) is 11.9 Å². The van der Waals surface area contributed by atoms with E-state index in [1.165, 1.54) is 22.3 Å². The molecular weight excluding hydrogens is 689 g/mol. The second kappa shape index (κ2) is 13.2. The average molecular weight is 728 g/mol. The Balaban J connectivity index is 1.19. The van der Waals surface area contributed by atoms with Crippen LogP contribution in [0.2, 0.25) is 0 Å². The van der Waals surface area contributed by atoms with Crippen LogP contribution in [0, 0.1) is 17.6 Å². The Morgan fingerprint density at radius 3 is 2.66 bits per heavy atom. The van der Waals surface area contributed by atoms with Crippen molar-refractivity contribution in [2.45, 2.75) is 93.2 Å². The Kier molecular flexibility index (Phi) is 9.08. The fraction of sp³-hybridized carbons (Fsp3) is 0.486. The van der Waals surface area contributed by atoms with E-state index in [-0.39, 0.29) is 25.1 Å². The number of hydrogen-bond donors (Lipinski definition) is 3. The second-order valence-corrected chi connectivity index (χ2v) is 17.2. The number of carbonyl (C=O) groups excluding carboxylic acids is 3. The quantitative estimate of drug-likeness (QED) is 0.295. The van der Waals surface area contributed by atoms with Crippen molar-refractivity contribution >= 4 is 55.0 Å². The Hall–Kier alpha value is -4.11. The third-order valence-electron chi connectivity index (χ3n) is 10.3. The fourth-order valence-corrected chi connectivity index (χ4v) is 8.97. The number of allylic oxidation sites excluding steroid dienone is 1. The number of anilines is 1. The van der Waals surface area contributed by atoms with Gasteiger partial charge < -0.3 is 20.3 Å². The Morgan fingerprint density at radius 1 is 1.10 bits per heavy atom. The van der Waals surface area contributed by atoms with Gasteiger partial charge in [-0.15, -0.1) is 0 Å². The topological polar surface area (TPSA) is 147 Å². The van der Waals surface area contributed by atoms with Crippen LogP contribution in [-0.2, 0) is 24.4 Å². The van der Waals surface area contributed by atoms with Crippen LogP contribution < -0.4 is 20.1 Å². The molecule has 3 heterocycles. The second-order valence-electron chi connectivity index (χ2n) is 14.0. The summed E-state index contributed by atoms with van der Waals surface area (Å²) in [6.45, 7) is 1.61. The van der Waals surface area contributed by atoms with E-state index in [9.17, 15) is 31.6 Å². The van der Waals surface area contributed by atoms with Gasteiger partial charge in [-0.2, -0.15) is 0 Å². The number of rotatable bonds is 7. The largest absolute Gasteiger partial charge is 0.465 e. The Morgan fingerprint density at radius 2 is 1.90 bits per heavy atom. The maximum atomic E-state index is 14.4. The van der Waals surface area contributed by atoms with Gasteiger partial charge in [-0.25, -0.2) is 22.2 Å². The van der Waals surface area contributed by atoms with Gasteiger partial charge >= 0.3 is 0 Å². The number of thiazole rings is 1. The predicted octanol–water partition coefficient (Wildman–Crippen LogP) is 4.80. The van der Waals surface area contributed by atoms with Crippen LogP contribution in [0.4, 0.5) is 14.5 Å². The standard InChI is InChI=1S/C35H39F2N5O6S2/c1-34(15-16-34)50(46,47)41-32(45)35-19-21(35)9-5-3-2-4-6-11-27(38-22-13-14-24(36)25(37)17-22)31(44)42-20-23(18-28(42)30(43)40-35)48-33-39-26-10-7-8-12-29(26)49-33/h5,7-10,12-14,17,21,23,27-28,38H,2-4,6,11,15-16,18-20H2,1H3,(H,40,43)(H,41,45)/b9-5-/t21-,23+,27-,28-,35+/m0/s1. The maximum absolute atomic E-state index is 14.4. The number of fused-ring (bicyclic) bond motifs is 3. The zero-order valence-corrected chi connectivity index (χ0v) is 29.1. The molecule has 15 heteroatoms. The minimum atomic E-state index is -3.98. The minimum absolute atomic E-state index is 0.0259. The molecular formula is C35H39F2N5O6S2. The molecule has 1 aromatic heterocycles. The molecule has 3 N–H and O–H groups in total. The van der Waals surface area contributed by atoms with E-state index < -0.39 is 73.8 Å². The van der Waals surface area contributed by atoms with Gasteiger partial charge in [-0.3, -0.25) is 19.1 Å². The third-order valence-corrected chi connectivity index (χ3v) is 13.4. The van der Waals surface area contributed by atoms with Crippen LogP contribution in [-0.4, -0.2) is 71.0 Å². The molecule has 2 saturated carbocycles. The normalized spacial score (nSPS) is 28.7. The number of benzene rings is 2. The monoisotopic (exact) mass is 727 g/mol. The summed E-state index contributed by atoms with van der Waals surface area (Å²) >= 11 is 1.34. The fourth-order valence-electron chi connectivity index (χ4n) is 6.78. The number of halogens is 2. The highest BCUT2D eigenvalue weighted by Gasteiger charge is 2.63. The lowest BCUT2D eigenvalue weighted by atomic mass is 10.0. The van der Waals surface area contributed by atoms with Gasteiger partial charge in [-0.05, 0) is 69.7 Å². The van der Waals surface area contributed by atoms with E-state index in [2.05, 4.69) is 20.3 Å². The van der Waals surface area contributed by atoms with Crippen LogP contribution in [0.15, 0.2) is 54.6 Å². The van der Waals surface area contributed by atoms with Crippen LogP contribution in [0.1, 0.15) is 64.7 Å². The molecule has 0 radical (unpaired) electrons. The predicted molar refractivity (Wildman–Crippen MR) is 184 cm³/mol. The molecule has 4 aliphatic rings. The first kappa shape index (κ1) is 34.3. The van der Waals surface area contributed by atoms with E-state index in [1.54, 1.807) is 6.92 Å². The van der Waals surface area contributed by atoms with E-state index in [1.807, 2.05) is 36.4 Å². The number of nitrogens with one attached hydrogen (secondary N) is 3. The zero-order chi connectivity index (χ0) is 35.3. The number of aromatic nitrogens is 1. The van der Waals surface area contributed by atoms with Gasteiger partial charge in [0.05, 0.1) is 21.5 Å². The Bertz CT molecular complexity index is 1930. The molecule has 266 valence electrons. The van der Waals surface area contributed by atoms with Crippen LogP contribution >= 0.6 is 11.3 Å². The summed E-state index contributed by atoms with van der Waals surface area (Å²) in [5.74, 6) is -4.35. The molecule has 0 unspecified atom stereocenters. The smallest absolute Gasteiger partial charge is 0.274 e. The first-order valence-electron chi connectivity index (χ1n) is 17.0. The summed E-state index contributed by atoms with van der Waals surface area (Å²) in [6, 6.07) is 8.89. The molecule has 0 bridgehead atoms. The van der Waals surface area contributed by atoms with Crippen LogP contribution in [0.25, 0.3) is 10.2 Å². The van der Waals surface area contributed by atoms with Gasteiger partial charge in [-0.1, -0.05) is 48.5 Å². The molecule has 0 spiro atoms. The minimum Gasteiger partial charge on any atom is -0.465 e. The van der Waals surface area contributed by atoms with Gasteiger partial charge in [0.2, 0.25) is 21.8 Å². The highest BCUT2D eigenvalue weighted by molar-refractivity contribution is 7.91. The van der Waals surface area contributed by atoms with Gasteiger partial charge in [0.25, 0.3) is 11.1 Å². The molecule has 5 atom stereocenters. The summed E-state index contributed by atoms with van der Waals surface area (Å²) in [4.78, 5) is 48.3. The van der Waals surface area contributed by atoms with Crippen molar-refractivity contribution in [1.29, 1.82) is 0 Å². The molecule has 3 fully saturated rings. The molecule has 11 nitrogen and oxygen atoms in total. The molecule has 2 aromatic carbocycles. The zero-order valence-electron chi connectivity index (χ0n) is 27.5. The lowest BCUT2D eigenvalue weighted by molar-refractivity contribution is -0.140. The summed E-state index contributed by atoms with van der Waals surface area (Å²) in [6.07, 6.45) is 7.58. The lowest BCUT2D eigenvalue weighted by Gasteiger charge is -2.30. The molecule has 2 aliphatic carbocycles. The molecule has 50 heavy (non-hydrogen) atoms. The summed E-state index contributed by atoms with van der Waals surface area (Å²) in [5.41, 5.74) is -0.538.